The minimum Gasteiger partial charge on any atom is -0.497 e. The number of carbonyl (C=O) groups is 4. The molecule has 0 radical (unpaired) electrons. The van der Waals surface area contributed by atoms with Crippen molar-refractivity contribution >= 4 is 68.0 Å². The summed E-state index contributed by atoms with van der Waals surface area (Å²) < 4.78 is 22.2. The number of fused-ring (bicyclic) bond motifs is 4. The zero-order chi connectivity index (χ0) is 50.3. The molecule has 70 heavy (non-hydrogen) atoms. The van der Waals surface area contributed by atoms with E-state index in [-0.39, 0.29) is 23.6 Å². The number of nitrogens with one attached hydrogen (secondary N) is 1. The van der Waals surface area contributed by atoms with E-state index in [2.05, 4.69) is 62.4 Å². The predicted octanol–water partition coefficient (Wildman–Crippen LogP) is 9.64. The number of benzene rings is 4. The van der Waals surface area contributed by atoms with Crippen molar-refractivity contribution < 1.29 is 38.1 Å². The van der Waals surface area contributed by atoms with Gasteiger partial charge >= 0.3 is 0 Å². The second-order valence-electron chi connectivity index (χ2n) is 18.0. The first-order valence-corrected chi connectivity index (χ1v) is 25.7. The lowest BCUT2D eigenvalue weighted by Crippen LogP contribution is -2.44. The third-order valence-electron chi connectivity index (χ3n) is 13.5. The fourth-order valence-electron chi connectivity index (χ4n) is 9.64. The van der Waals surface area contributed by atoms with Crippen LogP contribution in [0.15, 0.2) is 65.1 Å². The van der Waals surface area contributed by atoms with Gasteiger partial charge in [-0.2, -0.15) is 0 Å². The van der Waals surface area contributed by atoms with Gasteiger partial charge in [-0.3, -0.25) is 19.2 Å². The van der Waals surface area contributed by atoms with E-state index in [1.165, 1.54) is 27.9 Å². The molecule has 5 heterocycles. The van der Waals surface area contributed by atoms with Crippen molar-refractivity contribution in [3.63, 3.8) is 0 Å². The standard InChI is InChI=1S/C18H27N3O2.C13H16BrNO2.C13H17NO2.C11H13NO2/c1-4-21-15-13-17(23-3)16(20-10-8-19(2)9-11-20)12-14(15)6-5-7-18(21)22;1-3-15-11-8-12(17-2)10(14)7-9(11)5-4-6-13(15)16;1-3-14-12-9-11(16-2)8-7-10(12)5-4-6-13(14)15;1-14-9-6-5-8-3-2-4-11(13)12-10(8)7-9/h12-13H,4-11H2,1-3H3;7-8H,3-6H2,1-2H3;7-9H,3-6H2,1-2H3;5-7H,2-4H2,1H3,(H,12,13). The maximum Gasteiger partial charge on any atom is 0.226 e. The van der Waals surface area contributed by atoms with Crippen LogP contribution in [0.5, 0.6) is 23.0 Å². The van der Waals surface area contributed by atoms with Crippen LogP contribution in [0.25, 0.3) is 0 Å². The third-order valence-corrected chi connectivity index (χ3v) is 14.2. The molecule has 14 nitrogen and oxygen atoms in total. The topological polar surface area (TPSA) is 133 Å². The first-order chi connectivity index (χ1) is 33.9. The number of anilines is 5. The van der Waals surface area contributed by atoms with Crippen molar-refractivity contribution in [2.45, 2.75) is 97.8 Å². The normalized spacial score (nSPS) is 16.8. The molecule has 0 unspecified atom stereocenters. The van der Waals surface area contributed by atoms with Gasteiger partial charge in [0.2, 0.25) is 23.6 Å². The minimum atomic E-state index is 0.0944. The summed E-state index contributed by atoms with van der Waals surface area (Å²) >= 11 is 3.49. The molecule has 1 N–H and O–H groups in total. The van der Waals surface area contributed by atoms with Gasteiger partial charge < -0.3 is 48.8 Å². The summed E-state index contributed by atoms with van der Waals surface area (Å²) in [5.74, 6) is 3.99. The molecule has 378 valence electrons. The smallest absolute Gasteiger partial charge is 0.226 e. The van der Waals surface area contributed by atoms with Crippen LogP contribution >= 0.6 is 15.9 Å². The number of carbonyl (C=O) groups excluding carboxylic acids is 4. The maximum atomic E-state index is 12.3. The highest BCUT2D eigenvalue weighted by atomic mass is 79.9. The average molecular weight is 1030 g/mol. The Morgan fingerprint density at radius 2 is 0.943 bits per heavy atom. The lowest BCUT2D eigenvalue weighted by molar-refractivity contribution is -0.119. The Hall–Kier alpha value is -5.80. The average Bonchev–Trinajstić information content (AvgIpc) is 3.80. The van der Waals surface area contributed by atoms with Gasteiger partial charge in [-0.05, 0) is 142 Å². The van der Waals surface area contributed by atoms with E-state index in [0.29, 0.717) is 38.8 Å². The Labute approximate surface area is 423 Å². The molecule has 4 aromatic rings. The quantitative estimate of drug-likeness (QED) is 0.182. The van der Waals surface area contributed by atoms with Gasteiger partial charge in [0.25, 0.3) is 0 Å². The Morgan fingerprint density at radius 1 is 0.486 bits per heavy atom. The van der Waals surface area contributed by atoms with Gasteiger partial charge in [-0.1, -0.05) is 12.1 Å². The largest absolute Gasteiger partial charge is 0.497 e. The van der Waals surface area contributed by atoms with Crippen molar-refractivity contribution in [2.75, 3.05) is 106 Å². The molecule has 5 aliphatic rings. The van der Waals surface area contributed by atoms with Crippen LogP contribution in [0.1, 0.15) is 94.4 Å². The van der Waals surface area contributed by atoms with Gasteiger partial charge in [0.1, 0.15) is 23.0 Å². The van der Waals surface area contributed by atoms with Crippen LogP contribution in [0.2, 0.25) is 0 Å². The van der Waals surface area contributed by atoms with Crippen LogP contribution < -0.4 is 43.9 Å². The number of piperazine rings is 1. The summed E-state index contributed by atoms with van der Waals surface area (Å²) in [7, 11) is 8.80. The molecule has 0 spiro atoms. The summed E-state index contributed by atoms with van der Waals surface area (Å²) in [6.07, 6.45) is 10.1. The van der Waals surface area contributed by atoms with Gasteiger partial charge in [0.15, 0.2) is 0 Å². The molecule has 4 aromatic carbocycles. The number of likely N-dealkylation sites (N-methyl/N-ethyl adjacent to an activating group) is 1. The molecule has 4 amide bonds. The van der Waals surface area contributed by atoms with Crippen molar-refractivity contribution in [3.8, 4) is 23.0 Å². The highest BCUT2D eigenvalue weighted by molar-refractivity contribution is 9.10. The molecule has 1 fully saturated rings. The number of hydrogen-bond donors (Lipinski definition) is 1. The van der Waals surface area contributed by atoms with Crippen molar-refractivity contribution in [2.24, 2.45) is 0 Å². The molecule has 0 atom stereocenters. The number of halogens is 1. The van der Waals surface area contributed by atoms with E-state index in [9.17, 15) is 19.2 Å². The minimum absolute atomic E-state index is 0.0944. The summed E-state index contributed by atoms with van der Waals surface area (Å²) in [6.45, 7) is 12.4. The van der Waals surface area contributed by atoms with Crippen LogP contribution in [0, 0.1) is 0 Å². The van der Waals surface area contributed by atoms with E-state index >= 15 is 0 Å². The first-order valence-electron chi connectivity index (χ1n) is 24.9. The lowest BCUT2D eigenvalue weighted by atomic mass is 10.0. The number of nitrogens with zero attached hydrogens (tertiary/aromatic N) is 5. The summed E-state index contributed by atoms with van der Waals surface area (Å²) in [5, 5.41) is 2.88. The fraction of sp³-hybridized carbons (Fsp3) is 0.491. The second-order valence-corrected chi connectivity index (χ2v) is 18.8. The van der Waals surface area contributed by atoms with Crippen LogP contribution in [0.3, 0.4) is 0 Å². The first kappa shape index (κ1) is 53.5. The van der Waals surface area contributed by atoms with Crippen LogP contribution in [0.4, 0.5) is 28.4 Å². The molecule has 1 saturated heterocycles. The Bertz CT molecular complexity index is 2460. The number of hydrogen-bond acceptors (Lipinski definition) is 10. The van der Waals surface area contributed by atoms with Crippen LogP contribution in [-0.4, -0.2) is 110 Å². The van der Waals surface area contributed by atoms with E-state index < -0.39 is 0 Å². The Morgan fingerprint density at radius 3 is 1.47 bits per heavy atom. The highest BCUT2D eigenvalue weighted by Gasteiger charge is 2.27. The van der Waals surface area contributed by atoms with Crippen molar-refractivity contribution in [1.82, 2.24) is 4.90 Å². The molecular formula is C55H73BrN6O8. The molecule has 9 rings (SSSR count). The SMILES string of the molecule is CCN1C(=O)CCCc2cc(Br)c(OC)cc21.CCN1C(=O)CCCc2cc(N3CCN(C)CC3)c(OC)cc21.CCN1C(=O)CCCc2ccc(OC)cc21.COc1ccc2c(c1)NC(=O)CCC2. The molecule has 0 aromatic heterocycles. The number of ether oxygens (including phenoxy) is 4. The Balaban J connectivity index is 0.000000156. The predicted molar refractivity (Wildman–Crippen MR) is 284 cm³/mol. The molecule has 15 heteroatoms. The molecule has 0 saturated carbocycles. The Kier molecular flexibility index (Phi) is 19.8. The number of amides is 4. The number of rotatable bonds is 8. The van der Waals surface area contributed by atoms with E-state index in [4.69, 9.17) is 18.9 Å². The van der Waals surface area contributed by atoms with Gasteiger partial charge in [-0.25, -0.2) is 0 Å². The molecule has 0 bridgehead atoms. The zero-order valence-electron chi connectivity index (χ0n) is 42.6. The van der Waals surface area contributed by atoms with Crippen LogP contribution in [-0.2, 0) is 44.9 Å². The van der Waals surface area contributed by atoms with Crippen molar-refractivity contribution in [3.05, 3.63) is 87.4 Å². The maximum absolute atomic E-state index is 12.3. The second kappa shape index (κ2) is 25.9. The third kappa shape index (κ3) is 13.3. The van der Waals surface area contributed by atoms with Crippen molar-refractivity contribution in [1.29, 1.82) is 0 Å². The summed E-state index contributed by atoms with van der Waals surface area (Å²) in [5.41, 5.74) is 10.0. The molecule has 0 aliphatic carbocycles. The zero-order valence-corrected chi connectivity index (χ0v) is 44.2. The monoisotopic (exact) mass is 1020 g/mol. The summed E-state index contributed by atoms with van der Waals surface area (Å²) in [4.78, 5) is 57.8. The number of aryl methyl sites for hydroxylation is 4. The fourth-order valence-corrected chi connectivity index (χ4v) is 10.2. The highest BCUT2D eigenvalue weighted by Crippen LogP contribution is 2.40. The summed E-state index contributed by atoms with van der Waals surface area (Å²) in [6, 6.07) is 20.1. The van der Waals surface area contributed by atoms with E-state index in [1.54, 1.807) is 28.4 Å². The number of methoxy groups -OCH3 is 4. The van der Waals surface area contributed by atoms with Gasteiger partial charge in [0, 0.05) is 101 Å². The van der Waals surface area contributed by atoms with Gasteiger partial charge in [-0.15, -0.1) is 0 Å². The van der Waals surface area contributed by atoms with Gasteiger partial charge in [0.05, 0.1) is 55.7 Å². The van der Waals surface area contributed by atoms with E-state index in [0.717, 1.165) is 134 Å². The molecule has 5 aliphatic heterocycles. The lowest BCUT2D eigenvalue weighted by Gasteiger charge is -2.35. The van der Waals surface area contributed by atoms with E-state index in [1.807, 2.05) is 71.9 Å². The molecular weight excluding hydrogens is 953 g/mol.